The number of carbonyl (C=O) groups is 1. The molecule has 1 heterocycles. The Labute approximate surface area is 196 Å². The molecule has 0 amide bonds. The minimum absolute atomic E-state index is 0.264. The van der Waals surface area contributed by atoms with Gasteiger partial charge in [-0.15, -0.1) is 0 Å². The second-order valence-corrected chi connectivity index (χ2v) is 9.71. The van der Waals surface area contributed by atoms with Crippen LogP contribution >= 0.6 is 0 Å². The summed E-state index contributed by atoms with van der Waals surface area (Å²) in [6.45, 7) is 2.51. The maximum absolute atomic E-state index is 13.4. The molecular formula is C29H32NO3+. The lowest BCUT2D eigenvalue weighted by molar-refractivity contribution is -0.921. The Kier molecular flexibility index (Phi) is 5.81. The van der Waals surface area contributed by atoms with Gasteiger partial charge in [-0.05, 0) is 23.1 Å². The van der Waals surface area contributed by atoms with Gasteiger partial charge in [-0.1, -0.05) is 78.9 Å². The molecule has 1 aliphatic heterocycles. The molecule has 0 saturated carbocycles. The standard InChI is InChI=1S/C29H32NO3/c1-30(19-9-13-22-11-3-2-4-12-22)20-10-14-23(30)21-33-28(31)29(32)26-17-7-5-15-24(26)25-16-6-8-18-27(25)29/h2-8,11-12,15-18,23,32H,9-10,13-14,19-21H2,1H3/q+1/t23-,30?/m1/s1. The van der Waals surface area contributed by atoms with Crippen LogP contribution in [0.1, 0.15) is 36.0 Å². The number of rotatable bonds is 7. The number of hydrogen-bond donors (Lipinski definition) is 1. The lowest BCUT2D eigenvalue weighted by atomic mass is 9.91. The monoisotopic (exact) mass is 442 g/mol. The van der Waals surface area contributed by atoms with Gasteiger partial charge in [0.25, 0.3) is 0 Å². The second-order valence-electron chi connectivity index (χ2n) is 9.71. The first-order chi connectivity index (χ1) is 16.0. The molecule has 1 fully saturated rings. The van der Waals surface area contributed by atoms with E-state index in [4.69, 9.17) is 4.74 Å². The first-order valence-electron chi connectivity index (χ1n) is 12.0. The van der Waals surface area contributed by atoms with E-state index in [2.05, 4.69) is 37.4 Å². The zero-order valence-electron chi connectivity index (χ0n) is 19.2. The summed E-state index contributed by atoms with van der Waals surface area (Å²) < 4.78 is 6.80. The molecule has 0 spiro atoms. The van der Waals surface area contributed by atoms with E-state index >= 15 is 0 Å². The maximum Gasteiger partial charge on any atom is 0.347 e. The van der Waals surface area contributed by atoms with Gasteiger partial charge < -0.3 is 14.3 Å². The van der Waals surface area contributed by atoms with Gasteiger partial charge in [0.05, 0.1) is 20.1 Å². The van der Waals surface area contributed by atoms with Crippen molar-refractivity contribution >= 4 is 5.97 Å². The third-order valence-corrected chi connectivity index (χ3v) is 7.69. The summed E-state index contributed by atoms with van der Waals surface area (Å²) in [6, 6.07) is 26.0. The summed E-state index contributed by atoms with van der Waals surface area (Å²) in [5, 5.41) is 11.7. The highest BCUT2D eigenvalue weighted by molar-refractivity contribution is 5.96. The van der Waals surface area contributed by atoms with Crippen LogP contribution in [0.5, 0.6) is 0 Å². The molecule has 2 aliphatic rings. The molecule has 5 rings (SSSR count). The number of nitrogens with zero attached hydrogens (tertiary/aromatic N) is 1. The molecule has 170 valence electrons. The molecule has 1 saturated heterocycles. The van der Waals surface area contributed by atoms with Crippen LogP contribution in [0, 0.1) is 0 Å². The fraction of sp³-hybridized carbons (Fsp3) is 0.345. The Morgan fingerprint density at radius 3 is 2.24 bits per heavy atom. The van der Waals surface area contributed by atoms with Crippen LogP contribution in [0.2, 0.25) is 0 Å². The molecule has 1 aliphatic carbocycles. The van der Waals surface area contributed by atoms with Crippen LogP contribution in [0.4, 0.5) is 0 Å². The highest BCUT2D eigenvalue weighted by Gasteiger charge is 2.50. The number of likely N-dealkylation sites (N-methyl/N-ethyl adjacent to an activating group) is 1. The van der Waals surface area contributed by atoms with E-state index in [0.29, 0.717) is 17.7 Å². The largest absolute Gasteiger partial charge is 0.457 e. The topological polar surface area (TPSA) is 46.5 Å². The minimum Gasteiger partial charge on any atom is -0.457 e. The number of quaternary nitrogens is 1. The van der Waals surface area contributed by atoms with Crippen LogP contribution in [0.3, 0.4) is 0 Å². The second kappa shape index (κ2) is 8.77. The molecule has 0 bridgehead atoms. The van der Waals surface area contributed by atoms with Crippen LogP contribution in [0.25, 0.3) is 11.1 Å². The molecule has 0 aromatic heterocycles. The lowest BCUT2D eigenvalue weighted by Gasteiger charge is -2.36. The van der Waals surface area contributed by atoms with Crippen LogP contribution < -0.4 is 0 Å². The summed E-state index contributed by atoms with van der Waals surface area (Å²) in [7, 11) is 2.28. The average Bonchev–Trinajstić information content (AvgIpc) is 3.34. The number of hydrogen-bond acceptors (Lipinski definition) is 3. The molecule has 1 N–H and O–H groups in total. The fourth-order valence-electron chi connectivity index (χ4n) is 5.74. The molecule has 3 aromatic rings. The van der Waals surface area contributed by atoms with Crippen molar-refractivity contribution in [1.82, 2.24) is 0 Å². The van der Waals surface area contributed by atoms with E-state index in [1.807, 2.05) is 48.5 Å². The average molecular weight is 443 g/mol. The van der Waals surface area contributed by atoms with Crippen LogP contribution in [-0.2, 0) is 21.6 Å². The van der Waals surface area contributed by atoms with E-state index in [1.54, 1.807) is 0 Å². The highest BCUT2D eigenvalue weighted by atomic mass is 16.6. The number of carbonyl (C=O) groups excluding carboxylic acids is 1. The zero-order valence-corrected chi connectivity index (χ0v) is 19.2. The zero-order chi connectivity index (χ0) is 22.9. The molecule has 2 atom stereocenters. The molecule has 4 heteroatoms. The van der Waals surface area contributed by atoms with E-state index in [-0.39, 0.29) is 6.04 Å². The third kappa shape index (κ3) is 3.88. The Balaban J connectivity index is 1.27. The normalized spacial score (nSPS) is 22.5. The summed E-state index contributed by atoms with van der Waals surface area (Å²) in [6.07, 6.45) is 4.35. The first-order valence-corrected chi connectivity index (χ1v) is 12.0. The van der Waals surface area contributed by atoms with Gasteiger partial charge >= 0.3 is 5.97 Å². The predicted octanol–water partition coefficient (Wildman–Crippen LogP) is 4.69. The van der Waals surface area contributed by atoms with E-state index in [0.717, 1.165) is 54.4 Å². The number of fused-ring (bicyclic) bond motifs is 3. The molecule has 33 heavy (non-hydrogen) atoms. The van der Waals surface area contributed by atoms with E-state index in [9.17, 15) is 9.90 Å². The van der Waals surface area contributed by atoms with Crippen LogP contribution in [-0.4, -0.2) is 48.3 Å². The van der Waals surface area contributed by atoms with Crippen molar-refractivity contribution in [2.75, 3.05) is 26.7 Å². The number of benzene rings is 3. The van der Waals surface area contributed by atoms with Crippen LogP contribution in [0.15, 0.2) is 78.9 Å². The van der Waals surface area contributed by atoms with Gasteiger partial charge in [0.2, 0.25) is 5.60 Å². The predicted molar refractivity (Wildman–Crippen MR) is 130 cm³/mol. The number of esters is 1. The highest BCUT2D eigenvalue weighted by Crippen LogP contribution is 2.48. The molecule has 3 aromatic carbocycles. The van der Waals surface area contributed by atoms with Gasteiger partial charge in [-0.25, -0.2) is 4.79 Å². The summed E-state index contributed by atoms with van der Waals surface area (Å²) in [5.41, 5.74) is 2.64. The van der Waals surface area contributed by atoms with Crippen molar-refractivity contribution in [2.24, 2.45) is 0 Å². The van der Waals surface area contributed by atoms with Crippen molar-refractivity contribution in [3.8, 4) is 11.1 Å². The van der Waals surface area contributed by atoms with Crippen molar-refractivity contribution < 1.29 is 19.1 Å². The van der Waals surface area contributed by atoms with Gasteiger partial charge in [0.1, 0.15) is 12.6 Å². The fourth-order valence-corrected chi connectivity index (χ4v) is 5.74. The number of aryl methyl sites for hydroxylation is 1. The van der Waals surface area contributed by atoms with Crippen molar-refractivity contribution in [1.29, 1.82) is 0 Å². The van der Waals surface area contributed by atoms with Crippen molar-refractivity contribution in [2.45, 2.75) is 37.3 Å². The van der Waals surface area contributed by atoms with E-state index < -0.39 is 11.6 Å². The third-order valence-electron chi connectivity index (χ3n) is 7.69. The number of ether oxygens (including phenoxy) is 1. The molecule has 1 unspecified atom stereocenters. The molecule has 0 radical (unpaired) electrons. The Morgan fingerprint density at radius 2 is 1.58 bits per heavy atom. The SMILES string of the molecule is C[N+]1(CCCc2ccccc2)CCC[C@@H]1COC(=O)C1(O)c2ccccc2-c2ccccc21. The van der Waals surface area contributed by atoms with Gasteiger partial charge in [-0.2, -0.15) is 0 Å². The minimum atomic E-state index is -1.75. The van der Waals surface area contributed by atoms with Gasteiger partial charge in [0, 0.05) is 30.4 Å². The number of likely N-dealkylation sites (tertiary alicyclic amines) is 1. The Morgan fingerprint density at radius 1 is 0.970 bits per heavy atom. The number of aliphatic hydroxyl groups is 1. The Hall–Kier alpha value is -2.95. The summed E-state index contributed by atoms with van der Waals surface area (Å²) in [4.78, 5) is 13.4. The summed E-state index contributed by atoms with van der Waals surface area (Å²) >= 11 is 0. The Bertz CT molecular complexity index is 1100. The van der Waals surface area contributed by atoms with Crippen molar-refractivity contribution in [3.63, 3.8) is 0 Å². The first kappa shape index (κ1) is 21.9. The summed E-state index contributed by atoms with van der Waals surface area (Å²) in [5.74, 6) is -0.567. The van der Waals surface area contributed by atoms with Gasteiger partial charge in [0.15, 0.2) is 0 Å². The van der Waals surface area contributed by atoms with E-state index in [1.165, 1.54) is 5.56 Å². The smallest absolute Gasteiger partial charge is 0.347 e. The van der Waals surface area contributed by atoms with Gasteiger partial charge in [-0.3, -0.25) is 0 Å². The quantitative estimate of drug-likeness (QED) is 0.427. The molecule has 4 nitrogen and oxygen atoms in total. The molecular weight excluding hydrogens is 410 g/mol. The van der Waals surface area contributed by atoms with Crippen molar-refractivity contribution in [3.05, 3.63) is 95.6 Å². The maximum atomic E-state index is 13.4. The lowest BCUT2D eigenvalue weighted by Crippen LogP contribution is -2.51.